The van der Waals surface area contributed by atoms with Gasteiger partial charge in [-0.05, 0) is 24.7 Å². The van der Waals surface area contributed by atoms with Gasteiger partial charge in [0.1, 0.15) is 12.7 Å². The topological polar surface area (TPSA) is 77.5 Å². The average Bonchev–Trinajstić information content (AvgIpc) is 3.08. The summed E-state index contributed by atoms with van der Waals surface area (Å²) >= 11 is 1.57. The number of ether oxygens (including phenoxy) is 2. The molecule has 0 spiro atoms. The van der Waals surface area contributed by atoms with E-state index in [0.29, 0.717) is 11.0 Å². The fourth-order valence-corrected chi connectivity index (χ4v) is 6.70. The molecule has 0 aromatic carbocycles. The number of nitrogens with one attached hydrogen (secondary N) is 1. The monoisotopic (exact) mass is 378 g/mol. The number of esters is 1. The van der Waals surface area contributed by atoms with Gasteiger partial charge in [0, 0.05) is 29.7 Å². The fraction of sp³-hybridized carbons (Fsp3) is 0.737. The van der Waals surface area contributed by atoms with Crippen LogP contribution in [0.3, 0.4) is 0 Å². The van der Waals surface area contributed by atoms with E-state index in [1.54, 1.807) is 11.3 Å². The number of thiazole rings is 1. The summed E-state index contributed by atoms with van der Waals surface area (Å²) in [5.41, 5.74) is 1.17. The van der Waals surface area contributed by atoms with Crippen LogP contribution in [0.2, 0.25) is 0 Å². The first-order valence-electron chi connectivity index (χ1n) is 9.33. The number of hydrogen-bond acceptors (Lipinski definition) is 6. The Hall–Kier alpha value is -1.47. The second-order valence-electron chi connectivity index (χ2n) is 8.35. The van der Waals surface area contributed by atoms with E-state index in [1.807, 2.05) is 6.92 Å². The second-order valence-corrected chi connectivity index (χ2v) is 9.43. The molecule has 142 valence electrons. The quantitative estimate of drug-likeness (QED) is 0.818. The van der Waals surface area contributed by atoms with Gasteiger partial charge in [-0.2, -0.15) is 0 Å². The zero-order valence-corrected chi connectivity index (χ0v) is 16.5. The second kappa shape index (κ2) is 6.30. The van der Waals surface area contributed by atoms with Gasteiger partial charge in [-0.25, -0.2) is 4.98 Å². The number of carbonyl (C=O) groups is 2. The molecular weight excluding hydrogens is 352 g/mol. The highest BCUT2D eigenvalue weighted by Gasteiger charge is 2.58. The molecule has 1 amide bonds. The van der Waals surface area contributed by atoms with Crippen LogP contribution < -0.4 is 5.32 Å². The van der Waals surface area contributed by atoms with E-state index in [0.717, 1.165) is 25.0 Å². The number of amides is 1. The smallest absolute Gasteiger partial charge is 0.309 e. The summed E-state index contributed by atoms with van der Waals surface area (Å²) in [5, 5.41) is 3.47. The van der Waals surface area contributed by atoms with Gasteiger partial charge in [0.05, 0.1) is 11.6 Å². The van der Waals surface area contributed by atoms with E-state index in [2.05, 4.69) is 19.2 Å². The number of hydrogen-bond donors (Lipinski definition) is 1. The summed E-state index contributed by atoms with van der Waals surface area (Å²) in [5.74, 6) is 0.578. The van der Waals surface area contributed by atoms with Crippen molar-refractivity contribution >= 4 is 28.3 Å². The van der Waals surface area contributed by atoms with Gasteiger partial charge in [0.15, 0.2) is 5.13 Å². The molecule has 1 aliphatic heterocycles. The minimum absolute atomic E-state index is 0.00234. The molecule has 1 saturated heterocycles. The van der Waals surface area contributed by atoms with Gasteiger partial charge in [-0.1, -0.05) is 20.8 Å². The first-order chi connectivity index (χ1) is 12.3. The molecule has 1 saturated carbocycles. The van der Waals surface area contributed by atoms with E-state index in [4.69, 9.17) is 14.5 Å². The fourth-order valence-electron chi connectivity index (χ4n) is 5.42. The number of fused-ring (bicyclic) bond motifs is 4. The minimum Gasteiger partial charge on any atom is -0.461 e. The van der Waals surface area contributed by atoms with E-state index in [1.165, 1.54) is 12.0 Å². The summed E-state index contributed by atoms with van der Waals surface area (Å²) in [4.78, 5) is 29.9. The van der Waals surface area contributed by atoms with Crippen LogP contribution in [0.25, 0.3) is 0 Å². The maximum atomic E-state index is 12.2. The molecular formula is C19H26N2O4S. The molecule has 7 heteroatoms. The zero-order valence-electron chi connectivity index (χ0n) is 15.7. The summed E-state index contributed by atoms with van der Waals surface area (Å²) in [6, 6.07) is 0. The van der Waals surface area contributed by atoms with Crippen molar-refractivity contribution in [3.8, 4) is 0 Å². The number of methoxy groups -OCH3 is 1. The van der Waals surface area contributed by atoms with Crippen molar-refractivity contribution in [1.82, 2.24) is 4.98 Å². The van der Waals surface area contributed by atoms with Crippen LogP contribution in [-0.2, 0) is 25.5 Å². The molecule has 2 aliphatic carbocycles. The Balaban J connectivity index is 1.64. The predicted octanol–water partition coefficient (Wildman–Crippen LogP) is 2.98. The number of rotatable bonds is 3. The minimum atomic E-state index is -0.187. The third-order valence-corrected chi connectivity index (χ3v) is 7.67. The lowest BCUT2D eigenvalue weighted by molar-refractivity contribution is -0.149. The summed E-state index contributed by atoms with van der Waals surface area (Å²) in [6.07, 6.45) is 3.08. The zero-order chi connectivity index (χ0) is 18.6. The van der Waals surface area contributed by atoms with E-state index >= 15 is 0 Å². The number of carbonyl (C=O) groups excluding carboxylic acids is 2. The Morgan fingerprint density at radius 3 is 2.92 bits per heavy atom. The largest absolute Gasteiger partial charge is 0.461 e. The molecule has 3 aliphatic rings. The van der Waals surface area contributed by atoms with Crippen LogP contribution in [0.1, 0.15) is 50.1 Å². The molecule has 1 N–H and O–H groups in total. The Kier molecular flexibility index (Phi) is 4.34. The van der Waals surface area contributed by atoms with Crippen molar-refractivity contribution in [3.63, 3.8) is 0 Å². The van der Waals surface area contributed by atoms with Crippen molar-refractivity contribution in [1.29, 1.82) is 0 Å². The van der Waals surface area contributed by atoms with Crippen LogP contribution in [0.4, 0.5) is 5.13 Å². The Morgan fingerprint density at radius 1 is 1.42 bits per heavy atom. The van der Waals surface area contributed by atoms with E-state index < -0.39 is 0 Å². The molecule has 0 radical (unpaired) electrons. The van der Waals surface area contributed by atoms with Gasteiger partial charge in [-0.15, -0.1) is 11.3 Å². The molecule has 2 fully saturated rings. The van der Waals surface area contributed by atoms with Crippen LogP contribution in [-0.4, -0.2) is 36.7 Å². The third-order valence-electron chi connectivity index (χ3n) is 6.68. The van der Waals surface area contributed by atoms with Crippen molar-refractivity contribution < 1.29 is 19.1 Å². The number of aromatic nitrogens is 1. The maximum absolute atomic E-state index is 12.2. The molecule has 1 aromatic rings. The number of anilines is 1. The molecule has 0 bridgehead atoms. The lowest BCUT2D eigenvalue weighted by atomic mass is 9.54. The molecule has 1 aromatic heterocycles. The van der Waals surface area contributed by atoms with Gasteiger partial charge in [0.2, 0.25) is 0 Å². The molecule has 26 heavy (non-hydrogen) atoms. The van der Waals surface area contributed by atoms with E-state index in [-0.39, 0.29) is 47.8 Å². The van der Waals surface area contributed by atoms with Gasteiger partial charge in [-0.3, -0.25) is 14.9 Å². The Bertz CT molecular complexity index is 748. The Labute approximate surface area is 157 Å². The summed E-state index contributed by atoms with van der Waals surface area (Å²) in [7, 11) is 1.50. The molecule has 6 unspecified atom stereocenters. The normalized spacial score (nSPS) is 38.2. The lowest BCUT2D eigenvalue weighted by Crippen LogP contribution is -2.50. The average molecular weight is 378 g/mol. The first kappa shape index (κ1) is 17.9. The van der Waals surface area contributed by atoms with Crippen molar-refractivity contribution in [2.45, 2.75) is 52.1 Å². The van der Waals surface area contributed by atoms with Crippen LogP contribution in [0.5, 0.6) is 0 Å². The molecule has 4 rings (SSSR count). The first-order valence-corrected chi connectivity index (χ1v) is 10.1. The number of nitrogens with zero attached hydrogens (tertiary/aromatic N) is 1. The SMILES string of the molecule is COCC(=O)Nc1nc2c(s1)CC1(C)CCC3C(C)C(=O)OC3C1C2C. The third kappa shape index (κ3) is 2.67. The van der Waals surface area contributed by atoms with Crippen LogP contribution >= 0.6 is 11.3 Å². The highest BCUT2D eigenvalue weighted by atomic mass is 32.1. The lowest BCUT2D eigenvalue weighted by Gasteiger charge is -2.51. The van der Waals surface area contributed by atoms with Gasteiger partial charge < -0.3 is 9.47 Å². The molecule has 6 nitrogen and oxygen atoms in total. The van der Waals surface area contributed by atoms with Gasteiger partial charge >= 0.3 is 5.97 Å². The van der Waals surface area contributed by atoms with Crippen LogP contribution in [0, 0.1) is 23.2 Å². The molecule has 6 atom stereocenters. The van der Waals surface area contributed by atoms with Crippen molar-refractivity contribution in [2.75, 3.05) is 19.0 Å². The predicted molar refractivity (Wildman–Crippen MR) is 98.1 cm³/mol. The summed E-state index contributed by atoms with van der Waals surface area (Å²) < 4.78 is 10.7. The maximum Gasteiger partial charge on any atom is 0.309 e. The Morgan fingerprint density at radius 2 is 2.19 bits per heavy atom. The molecule has 2 heterocycles. The highest BCUT2D eigenvalue weighted by Crippen LogP contribution is 2.59. The van der Waals surface area contributed by atoms with Crippen molar-refractivity contribution in [2.24, 2.45) is 23.2 Å². The van der Waals surface area contributed by atoms with Crippen molar-refractivity contribution in [3.05, 3.63) is 10.6 Å². The summed E-state index contributed by atoms with van der Waals surface area (Å²) in [6.45, 7) is 6.55. The van der Waals surface area contributed by atoms with E-state index in [9.17, 15) is 9.59 Å². The highest BCUT2D eigenvalue weighted by molar-refractivity contribution is 7.15. The van der Waals surface area contributed by atoms with Crippen LogP contribution in [0.15, 0.2) is 0 Å². The van der Waals surface area contributed by atoms with Gasteiger partial charge in [0.25, 0.3) is 5.91 Å². The standard InChI is InChI=1S/C19H26N2O4S/c1-9-11-5-6-19(3)7-12-15(10(2)14(19)16(11)25-17(9)23)21-18(26-12)20-13(22)8-24-4/h9-11,14,16H,5-8H2,1-4H3,(H,20,21,22).